The summed E-state index contributed by atoms with van der Waals surface area (Å²) in [5, 5.41) is -2.87. The van der Waals surface area contributed by atoms with Crippen molar-refractivity contribution < 1.29 is 52.7 Å². The van der Waals surface area contributed by atoms with Crippen molar-refractivity contribution in [2.75, 3.05) is 0 Å². The van der Waals surface area contributed by atoms with E-state index in [9.17, 15) is 52.7 Å². The normalized spacial score (nSPS) is 14.2. The molecule has 0 saturated carbocycles. The predicted octanol–water partition coefficient (Wildman–Crippen LogP) is 11.0. The molecule has 214 valence electrons. The first-order valence-electron chi connectivity index (χ1n) is 11.9. The maximum Gasteiger partial charge on any atom is 0.417 e. The molecular formula is C29H9F12N. The van der Waals surface area contributed by atoms with Crippen molar-refractivity contribution in [3.63, 3.8) is 0 Å². The first-order chi connectivity index (χ1) is 19.4. The van der Waals surface area contributed by atoms with Gasteiger partial charge in [-0.05, 0) is 41.1 Å². The van der Waals surface area contributed by atoms with Crippen LogP contribution in [0.2, 0.25) is 0 Å². The number of halogens is 12. The maximum absolute atomic E-state index is 13.9. The molecule has 0 atom stereocenters. The second-order valence-electron chi connectivity index (χ2n) is 9.91. The lowest BCUT2D eigenvalue weighted by atomic mass is 9.95. The first-order valence-corrected chi connectivity index (χ1v) is 11.9. The largest absolute Gasteiger partial charge is 0.417 e. The number of pyridine rings is 1. The molecule has 0 aliphatic carbocycles. The summed E-state index contributed by atoms with van der Waals surface area (Å²) < 4.78 is 166. The van der Waals surface area contributed by atoms with E-state index in [2.05, 4.69) is 4.98 Å². The van der Waals surface area contributed by atoms with E-state index in [-0.39, 0.29) is 54.1 Å². The van der Waals surface area contributed by atoms with Crippen LogP contribution in [-0.2, 0) is 24.7 Å². The average Bonchev–Trinajstić information content (AvgIpc) is 3.35. The molecule has 0 spiro atoms. The van der Waals surface area contributed by atoms with Crippen LogP contribution in [0.3, 0.4) is 0 Å². The highest BCUT2D eigenvalue weighted by atomic mass is 19.4. The lowest BCUT2D eigenvalue weighted by molar-refractivity contribution is -0.141. The van der Waals surface area contributed by atoms with Gasteiger partial charge >= 0.3 is 24.7 Å². The molecule has 0 unspecified atom stereocenters. The second-order valence-corrected chi connectivity index (χ2v) is 9.91. The molecule has 0 bridgehead atoms. The van der Waals surface area contributed by atoms with Crippen molar-refractivity contribution in [2.45, 2.75) is 24.7 Å². The van der Waals surface area contributed by atoms with Crippen molar-refractivity contribution in [1.82, 2.24) is 4.98 Å². The zero-order valence-electron chi connectivity index (χ0n) is 20.2. The summed E-state index contributed by atoms with van der Waals surface area (Å²) in [5.74, 6) is 0. The number of fused-ring (bicyclic) bond motifs is 6. The molecule has 6 aromatic carbocycles. The third-order valence-electron chi connectivity index (χ3n) is 7.66. The molecule has 0 saturated heterocycles. The minimum atomic E-state index is -5.14. The van der Waals surface area contributed by atoms with Gasteiger partial charge in [0.1, 0.15) is 0 Å². The number of aromatic nitrogens is 1. The average molecular weight is 599 g/mol. The van der Waals surface area contributed by atoms with E-state index >= 15 is 0 Å². The van der Waals surface area contributed by atoms with Crippen LogP contribution in [0.25, 0.3) is 64.9 Å². The van der Waals surface area contributed by atoms with E-state index in [1.807, 2.05) is 0 Å². The van der Waals surface area contributed by atoms with Crippen LogP contribution in [0.15, 0.2) is 54.6 Å². The van der Waals surface area contributed by atoms with Crippen LogP contribution in [0, 0.1) is 0 Å². The molecule has 1 aromatic heterocycles. The Labute approximate surface area is 224 Å². The molecule has 7 aromatic rings. The molecule has 7 rings (SSSR count). The van der Waals surface area contributed by atoms with Crippen LogP contribution in [0.4, 0.5) is 52.7 Å². The highest BCUT2D eigenvalue weighted by Crippen LogP contribution is 2.51. The van der Waals surface area contributed by atoms with Gasteiger partial charge in [0.15, 0.2) is 0 Å². The monoisotopic (exact) mass is 599 g/mol. The van der Waals surface area contributed by atoms with Crippen molar-refractivity contribution in [1.29, 1.82) is 0 Å². The van der Waals surface area contributed by atoms with E-state index in [0.717, 1.165) is 24.3 Å². The lowest BCUT2D eigenvalue weighted by Gasteiger charge is -2.16. The molecule has 1 heterocycles. The Morgan fingerprint density at radius 2 is 0.619 bits per heavy atom. The Hall–Kier alpha value is -4.29. The van der Waals surface area contributed by atoms with Gasteiger partial charge in [0.2, 0.25) is 0 Å². The molecular weight excluding hydrogens is 590 g/mol. The van der Waals surface area contributed by atoms with Crippen LogP contribution in [-0.4, -0.2) is 4.98 Å². The van der Waals surface area contributed by atoms with Gasteiger partial charge in [-0.2, -0.15) is 52.7 Å². The fourth-order valence-corrected chi connectivity index (χ4v) is 6.11. The van der Waals surface area contributed by atoms with E-state index in [1.165, 1.54) is 6.07 Å². The van der Waals surface area contributed by atoms with Crippen molar-refractivity contribution in [2.24, 2.45) is 0 Å². The van der Waals surface area contributed by atoms with E-state index < -0.39 is 57.7 Å². The van der Waals surface area contributed by atoms with Gasteiger partial charge in [-0.3, -0.25) is 0 Å². The third-order valence-corrected chi connectivity index (χ3v) is 7.66. The standard InChI is InChI=1S/C29H9F12N/c30-26(31,32)16-5-1-10-14-9-15-11-2-6-17(27(33,34)35)23-19(29(39,40)41)8-4-13(21(11)23)25(15)42-24(14)12-3-7-18(28(36,37)38)22(16)20(10)12/h1-9H. The minimum absolute atomic E-state index is 0.0282. The van der Waals surface area contributed by atoms with E-state index in [1.54, 1.807) is 0 Å². The summed E-state index contributed by atoms with van der Waals surface area (Å²) >= 11 is 0. The lowest BCUT2D eigenvalue weighted by Crippen LogP contribution is -2.11. The fraction of sp³-hybridized carbons (Fsp3) is 0.138. The Kier molecular flexibility index (Phi) is 4.91. The highest BCUT2D eigenvalue weighted by Gasteiger charge is 2.42. The third kappa shape index (κ3) is 3.45. The van der Waals surface area contributed by atoms with Gasteiger partial charge < -0.3 is 0 Å². The number of nitrogens with zero attached hydrogens (tertiary/aromatic N) is 1. The predicted molar refractivity (Wildman–Crippen MR) is 132 cm³/mol. The number of rotatable bonds is 0. The van der Waals surface area contributed by atoms with Crippen molar-refractivity contribution in [3.8, 4) is 0 Å². The summed E-state index contributed by atoms with van der Waals surface area (Å²) in [7, 11) is 0. The topological polar surface area (TPSA) is 12.9 Å². The Morgan fingerprint density at radius 1 is 0.333 bits per heavy atom. The van der Waals surface area contributed by atoms with Crippen LogP contribution < -0.4 is 0 Å². The second kappa shape index (κ2) is 7.75. The Balaban J connectivity index is 1.69. The summed E-state index contributed by atoms with van der Waals surface area (Å²) in [4.78, 5) is 4.46. The van der Waals surface area contributed by atoms with Gasteiger partial charge in [-0.25, -0.2) is 4.98 Å². The van der Waals surface area contributed by atoms with Crippen molar-refractivity contribution >= 4 is 64.9 Å². The molecule has 1 nitrogen and oxygen atoms in total. The van der Waals surface area contributed by atoms with Gasteiger partial charge in [0.05, 0.1) is 33.3 Å². The smallest absolute Gasteiger partial charge is 0.246 e. The summed E-state index contributed by atoms with van der Waals surface area (Å²) in [6.45, 7) is 0. The SMILES string of the molecule is FC(F)(F)c1ccc2c3cc4c5ccc(C(F)(F)F)c6c(C(F)(F)F)ccc(c4nc3c3ccc(C(F)(F)F)c1c23)c65. The fourth-order valence-electron chi connectivity index (χ4n) is 6.11. The van der Waals surface area contributed by atoms with Gasteiger partial charge in [-0.15, -0.1) is 0 Å². The van der Waals surface area contributed by atoms with Crippen molar-refractivity contribution in [3.05, 3.63) is 76.9 Å². The van der Waals surface area contributed by atoms with E-state index in [0.29, 0.717) is 24.3 Å². The molecule has 42 heavy (non-hydrogen) atoms. The molecule has 0 amide bonds. The zero-order valence-corrected chi connectivity index (χ0v) is 20.2. The molecule has 13 heteroatoms. The maximum atomic E-state index is 13.9. The molecule has 0 radical (unpaired) electrons. The van der Waals surface area contributed by atoms with Gasteiger partial charge in [0, 0.05) is 43.1 Å². The Bertz CT molecular complexity index is 1930. The quantitative estimate of drug-likeness (QED) is 0.158. The molecule has 0 fully saturated rings. The molecule has 0 aliphatic rings. The zero-order chi connectivity index (χ0) is 30.3. The summed E-state index contributed by atoms with van der Waals surface area (Å²) in [6.07, 6.45) is -20.5. The number of hydrogen-bond acceptors (Lipinski definition) is 1. The summed E-state index contributed by atoms with van der Waals surface area (Å²) in [5.41, 5.74) is -6.12. The van der Waals surface area contributed by atoms with Crippen LogP contribution in [0.5, 0.6) is 0 Å². The summed E-state index contributed by atoms with van der Waals surface area (Å²) in [6, 6.07) is 7.27. The first kappa shape index (κ1) is 26.6. The number of hydrogen-bond donors (Lipinski definition) is 0. The minimum Gasteiger partial charge on any atom is -0.246 e. The highest BCUT2D eigenvalue weighted by molar-refractivity contribution is 6.36. The number of alkyl halides is 12. The van der Waals surface area contributed by atoms with E-state index in [4.69, 9.17) is 0 Å². The van der Waals surface area contributed by atoms with Crippen LogP contribution in [0.1, 0.15) is 22.3 Å². The molecule has 0 N–H and O–H groups in total. The number of benzene rings is 4. The molecule has 0 aliphatic heterocycles. The van der Waals surface area contributed by atoms with Gasteiger partial charge in [0.25, 0.3) is 0 Å². The van der Waals surface area contributed by atoms with Crippen LogP contribution >= 0.6 is 0 Å². The Morgan fingerprint density at radius 3 is 0.905 bits per heavy atom. The van der Waals surface area contributed by atoms with Gasteiger partial charge in [-0.1, -0.05) is 24.3 Å².